The van der Waals surface area contributed by atoms with Crippen LogP contribution >= 0.6 is 0 Å². The van der Waals surface area contributed by atoms with Crippen LogP contribution in [-0.2, 0) is 0 Å². The van der Waals surface area contributed by atoms with Crippen LogP contribution in [0.3, 0.4) is 0 Å². The molecule has 0 spiro atoms. The van der Waals surface area contributed by atoms with Crippen molar-refractivity contribution in [3.8, 4) is 0 Å². The van der Waals surface area contributed by atoms with Crippen LogP contribution in [0, 0.1) is 11.3 Å². The first-order valence-corrected chi connectivity index (χ1v) is 6.89. The van der Waals surface area contributed by atoms with Crippen LogP contribution < -0.4 is 0 Å². The minimum absolute atomic E-state index is 0.300. The lowest BCUT2D eigenvalue weighted by Crippen LogP contribution is -2.13. The van der Waals surface area contributed by atoms with Crippen molar-refractivity contribution >= 4 is 5.71 Å². The van der Waals surface area contributed by atoms with Crippen molar-refractivity contribution in [2.45, 2.75) is 5.92 Å². The highest BCUT2D eigenvalue weighted by Crippen LogP contribution is 2.34. The summed E-state index contributed by atoms with van der Waals surface area (Å²) in [5.74, 6) is 0.604. The number of hydrogen-bond donors (Lipinski definition) is 1. The third-order valence-electron chi connectivity index (χ3n) is 3.70. The van der Waals surface area contributed by atoms with Gasteiger partial charge >= 0.3 is 0 Å². The number of rotatable bonds is 3. The third-order valence-corrected chi connectivity index (χ3v) is 3.70. The topological polar surface area (TPSA) is 23.9 Å². The van der Waals surface area contributed by atoms with E-state index in [9.17, 15) is 0 Å². The molecule has 1 aliphatic rings. The Morgan fingerprint density at radius 1 is 0.700 bits per heavy atom. The van der Waals surface area contributed by atoms with Crippen molar-refractivity contribution in [2.75, 3.05) is 0 Å². The van der Waals surface area contributed by atoms with Gasteiger partial charge in [0, 0.05) is 11.8 Å². The highest BCUT2D eigenvalue weighted by molar-refractivity contribution is 6.02. The van der Waals surface area contributed by atoms with E-state index in [1.54, 1.807) is 0 Å². The average molecular weight is 259 g/mol. The molecule has 0 atom stereocenters. The van der Waals surface area contributed by atoms with Gasteiger partial charge in [0.1, 0.15) is 0 Å². The van der Waals surface area contributed by atoms with Gasteiger partial charge in [0.05, 0.1) is 5.71 Å². The van der Waals surface area contributed by atoms with Crippen molar-refractivity contribution in [3.63, 3.8) is 0 Å². The second-order valence-electron chi connectivity index (χ2n) is 5.05. The summed E-state index contributed by atoms with van der Waals surface area (Å²) in [5, 5.41) is 7.66. The van der Waals surface area contributed by atoms with Crippen molar-refractivity contribution in [2.24, 2.45) is 5.92 Å². The van der Waals surface area contributed by atoms with Crippen LogP contribution in [0.4, 0.5) is 0 Å². The number of hydrogen-bond acceptors (Lipinski definition) is 1. The van der Waals surface area contributed by atoms with E-state index >= 15 is 0 Å². The Morgan fingerprint density at radius 2 is 1.15 bits per heavy atom. The molecular formula is C19H17N. The fraction of sp³-hybridized carbons (Fsp3) is 0.105. The molecule has 0 unspecified atom stereocenters. The zero-order valence-corrected chi connectivity index (χ0v) is 11.2. The molecule has 0 fully saturated rings. The van der Waals surface area contributed by atoms with Crippen LogP contribution in [0.2, 0.25) is 0 Å². The molecule has 1 N–H and O–H groups in total. The van der Waals surface area contributed by atoms with E-state index in [1.165, 1.54) is 11.1 Å². The van der Waals surface area contributed by atoms with Gasteiger partial charge in [-0.25, -0.2) is 0 Å². The molecule has 3 rings (SSSR count). The van der Waals surface area contributed by atoms with E-state index in [1.807, 2.05) is 24.3 Å². The van der Waals surface area contributed by atoms with Gasteiger partial charge < -0.3 is 5.41 Å². The Morgan fingerprint density at radius 3 is 1.60 bits per heavy atom. The Hall–Kier alpha value is -2.41. The first-order valence-electron chi connectivity index (χ1n) is 6.89. The summed E-state index contributed by atoms with van der Waals surface area (Å²) in [7, 11) is 0. The lowest BCUT2D eigenvalue weighted by molar-refractivity contribution is 0.684. The summed E-state index contributed by atoms with van der Waals surface area (Å²) in [6.07, 6.45) is 8.05. The Kier molecular flexibility index (Phi) is 3.60. The molecule has 0 radical (unpaired) electrons. The van der Waals surface area contributed by atoms with Crippen molar-refractivity contribution < 1.29 is 0 Å². The molecule has 20 heavy (non-hydrogen) atoms. The van der Waals surface area contributed by atoms with Gasteiger partial charge in [-0.2, -0.15) is 0 Å². The van der Waals surface area contributed by atoms with Crippen LogP contribution in [0.15, 0.2) is 85.0 Å². The molecule has 0 aliphatic heterocycles. The second kappa shape index (κ2) is 5.70. The molecule has 2 aromatic carbocycles. The number of nitrogens with one attached hydrogen (secondary N) is 1. The summed E-state index contributed by atoms with van der Waals surface area (Å²) in [5.41, 5.74) is 3.19. The van der Waals surface area contributed by atoms with Crippen molar-refractivity contribution in [3.05, 3.63) is 96.1 Å². The summed E-state index contributed by atoms with van der Waals surface area (Å²) >= 11 is 0. The predicted octanol–water partition coefficient (Wildman–Crippen LogP) is 4.58. The highest BCUT2D eigenvalue weighted by atomic mass is 14.4. The normalized spacial score (nSPS) is 17.6. The molecule has 0 bridgehead atoms. The van der Waals surface area contributed by atoms with Crippen LogP contribution in [0.25, 0.3) is 0 Å². The minimum atomic E-state index is 0.300. The van der Waals surface area contributed by atoms with Crippen molar-refractivity contribution in [1.29, 1.82) is 5.41 Å². The van der Waals surface area contributed by atoms with E-state index in [4.69, 9.17) is 5.41 Å². The Balaban J connectivity index is 2.03. The quantitative estimate of drug-likeness (QED) is 0.834. The molecule has 1 heteroatoms. The van der Waals surface area contributed by atoms with Gasteiger partial charge in [-0.3, -0.25) is 0 Å². The monoisotopic (exact) mass is 259 g/mol. The minimum Gasteiger partial charge on any atom is -0.301 e. The maximum atomic E-state index is 7.66. The molecule has 0 saturated carbocycles. The lowest BCUT2D eigenvalue weighted by atomic mass is 9.79. The van der Waals surface area contributed by atoms with Gasteiger partial charge in [-0.05, 0) is 23.3 Å². The highest BCUT2D eigenvalue weighted by Gasteiger charge is 2.22. The lowest BCUT2D eigenvalue weighted by Gasteiger charge is -2.25. The second-order valence-corrected chi connectivity index (χ2v) is 5.05. The summed E-state index contributed by atoms with van der Waals surface area (Å²) in [6, 6.07) is 21.2. The Labute approximate surface area is 119 Å². The largest absolute Gasteiger partial charge is 0.301 e. The van der Waals surface area contributed by atoms with E-state index in [0.29, 0.717) is 17.5 Å². The fourth-order valence-corrected chi connectivity index (χ4v) is 2.73. The van der Waals surface area contributed by atoms with E-state index in [0.717, 1.165) is 0 Å². The van der Waals surface area contributed by atoms with Gasteiger partial charge in [-0.1, -0.05) is 72.8 Å². The van der Waals surface area contributed by atoms with Crippen LogP contribution in [-0.4, -0.2) is 5.71 Å². The van der Waals surface area contributed by atoms with E-state index in [-0.39, 0.29) is 0 Å². The molecule has 98 valence electrons. The molecule has 0 saturated heterocycles. The smallest absolute Gasteiger partial charge is 0.0533 e. The zero-order chi connectivity index (χ0) is 13.8. The van der Waals surface area contributed by atoms with Crippen LogP contribution in [0.5, 0.6) is 0 Å². The third kappa shape index (κ3) is 2.62. The number of benzene rings is 2. The van der Waals surface area contributed by atoms with E-state index < -0.39 is 0 Å². The van der Waals surface area contributed by atoms with Gasteiger partial charge in [0.15, 0.2) is 0 Å². The molecule has 0 aromatic heterocycles. The maximum absolute atomic E-state index is 7.66. The molecular weight excluding hydrogens is 242 g/mol. The van der Waals surface area contributed by atoms with Gasteiger partial charge in [0.2, 0.25) is 0 Å². The van der Waals surface area contributed by atoms with Gasteiger partial charge in [-0.15, -0.1) is 0 Å². The SMILES string of the molecule is N=C1C=CC(C(c2ccccc2)c2ccccc2)C=C1. The molecule has 2 aromatic rings. The predicted molar refractivity (Wildman–Crippen MR) is 84.2 cm³/mol. The first-order chi connectivity index (χ1) is 9.84. The molecule has 0 amide bonds. The summed E-state index contributed by atoms with van der Waals surface area (Å²) < 4.78 is 0. The fourth-order valence-electron chi connectivity index (χ4n) is 2.73. The molecule has 1 nitrogen and oxygen atoms in total. The summed E-state index contributed by atoms with van der Waals surface area (Å²) in [4.78, 5) is 0. The molecule has 1 aliphatic carbocycles. The van der Waals surface area contributed by atoms with Gasteiger partial charge in [0.25, 0.3) is 0 Å². The Bertz CT molecular complexity index is 582. The average Bonchev–Trinajstić information content (AvgIpc) is 2.52. The first kappa shape index (κ1) is 12.6. The maximum Gasteiger partial charge on any atom is 0.0533 e. The zero-order valence-electron chi connectivity index (χ0n) is 11.2. The number of allylic oxidation sites excluding steroid dienone is 4. The molecule has 0 heterocycles. The van der Waals surface area contributed by atoms with E-state index in [2.05, 4.69) is 60.7 Å². The summed E-state index contributed by atoms with van der Waals surface area (Å²) in [6.45, 7) is 0. The van der Waals surface area contributed by atoms with Crippen molar-refractivity contribution in [1.82, 2.24) is 0 Å². The standard InChI is InChI=1S/C19H17N/c20-18-13-11-17(12-14-18)19(15-7-3-1-4-8-15)16-9-5-2-6-10-16/h1-14,17,19-20H. The van der Waals surface area contributed by atoms with Crippen LogP contribution in [0.1, 0.15) is 17.0 Å².